The van der Waals surface area contributed by atoms with E-state index >= 15 is 0 Å². The van der Waals surface area contributed by atoms with Gasteiger partial charge in [-0.3, -0.25) is 0 Å². The highest BCUT2D eigenvalue weighted by molar-refractivity contribution is 5.41. The number of benzene rings is 2. The zero-order chi connectivity index (χ0) is 13.2. The largest absolute Gasteiger partial charge is 0.316 e. The van der Waals surface area contributed by atoms with Gasteiger partial charge in [0.05, 0.1) is 0 Å². The molecule has 1 aliphatic carbocycles. The lowest BCUT2D eigenvalue weighted by Gasteiger charge is -2.36. The standard InChI is InChI=1S/C18H21N/c1-13-7-9-14(10-8-13)11-18(19-2)17-12-15-5-3-4-6-16(15)17/h3-10,17-19H,11-12H2,1-2H3. The van der Waals surface area contributed by atoms with Crippen LogP contribution in [0.15, 0.2) is 48.5 Å². The lowest BCUT2D eigenvalue weighted by atomic mass is 9.72. The maximum atomic E-state index is 3.51. The summed E-state index contributed by atoms with van der Waals surface area (Å²) in [6.07, 6.45) is 2.32. The molecular weight excluding hydrogens is 230 g/mol. The molecule has 19 heavy (non-hydrogen) atoms. The molecule has 3 rings (SSSR count). The highest BCUT2D eigenvalue weighted by Crippen LogP contribution is 2.38. The minimum absolute atomic E-state index is 0.539. The maximum Gasteiger partial charge on any atom is 0.0176 e. The molecular formula is C18H21N. The Hall–Kier alpha value is -1.60. The van der Waals surface area contributed by atoms with Gasteiger partial charge in [0, 0.05) is 12.0 Å². The van der Waals surface area contributed by atoms with E-state index in [-0.39, 0.29) is 0 Å². The molecule has 0 saturated heterocycles. The topological polar surface area (TPSA) is 12.0 Å². The summed E-state index contributed by atoms with van der Waals surface area (Å²) < 4.78 is 0. The van der Waals surface area contributed by atoms with E-state index in [0.29, 0.717) is 12.0 Å². The Labute approximate surface area is 115 Å². The van der Waals surface area contributed by atoms with Crippen LogP contribution in [0.25, 0.3) is 0 Å². The van der Waals surface area contributed by atoms with Crippen molar-refractivity contribution in [3.05, 3.63) is 70.8 Å². The molecule has 0 fully saturated rings. The third-order valence-corrected chi connectivity index (χ3v) is 4.33. The van der Waals surface area contributed by atoms with E-state index < -0.39 is 0 Å². The summed E-state index contributed by atoms with van der Waals surface area (Å²) in [7, 11) is 2.08. The van der Waals surface area contributed by atoms with Crippen LogP contribution in [0.4, 0.5) is 0 Å². The van der Waals surface area contributed by atoms with E-state index in [2.05, 4.69) is 67.8 Å². The van der Waals surface area contributed by atoms with E-state index in [1.54, 1.807) is 0 Å². The predicted molar refractivity (Wildman–Crippen MR) is 80.6 cm³/mol. The first-order valence-electron chi connectivity index (χ1n) is 7.08. The average molecular weight is 251 g/mol. The van der Waals surface area contributed by atoms with Crippen LogP contribution in [-0.4, -0.2) is 13.1 Å². The van der Waals surface area contributed by atoms with Gasteiger partial charge in [-0.2, -0.15) is 0 Å². The molecule has 2 aromatic rings. The molecule has 0 aromatic heterocycles. The second-order valence-corrected chi connectivity index (χ2v) is 5.59. The number of fused-ring (bicyclic) bond motifs is 1. The van der Waals surface area contributed by atoms with Crippen molar-refractivity contribution in [2.24, 2.45) is 0 Å². The van der Waals surface area contributed by atoms with Gasteiger partial charge >= 0.3 is 0 Å². The van der Waals surface area contributed by atoms with Crippen molar-refractivity contribution < 1.29 is 0 Å². The summed E-state index contributed by atoms with van der Waals surface area (Å²) >= 11 is 0. The minimum atomic E-state index is 0.539. The Morgan fingerprint density at radius 1 is 1.11 bits per heavy atom. The van der Waals surface area contributed by atoms with Crippen LogP contribution in [0.3, 0.4) is 0 Å². The molecule has 0 spiro atoms. The van der Waals surface area contributed by atoms with Crippen LogP contribution in [0, 0.1) is 6.92 Å². The second-order valence-electron chi connectivity index (χ2n) is 5.59. The van der Waals surface area contributed by atoms with E-state index in [1.165, 1.54) is 28.7 Å². The molecule has 0 heterocycles. The van der Waals surface area contributed by atoms with Crippen LogP contribution in [0.1, 0.15) is 28.2 Å². The molecule has 2 aromatic carbocycles. The normalized spacial score (nSPS) is 18.5. The first-order valence-corrected chi connectivity index (χ1v) is 7.08. The van der Waals surface area contributed by atoms with Crippen molar-refractivity contribution in [1.82, 2.24) is 5.32 Å². The Balaban J connectivity index is 1.74. The quantitative estimate of drug-likeness (QED) is 0.877. The number of likely N-dealkylation sites (N-methyl/N-ethyl adjacent to an activating group) is 1. The highest BCUT2D eigenvalue weighted by atomic mass is 14.9. The highest BCUT2D eigenvalue weighted by Gasteiger charge is 2.31. The van der Waals surface area contributed by atoms with E-state index in [1.807, 2.05) is 0 Å². The van der Waals surface area contributed by atoms with Crippen molar-refractivity contribution in [1.29, 1.82) is 0 Å². The Kier molecular flexibility index (Phi) is 3.39. The van der Waals surface area contributed by atoms with Crippen LogP contribution in [0.5, 0.6) is 0 Å². The lowest BCUT2D eigenvalue weighted by Crippen LogP contribution is -2.39. The van der Waals surface area contributed by atoms with Gasteiger partial charge in [-0.1, -0.05) is 54.1 Å². The van der Waals surface area contributed by atoms with Crippen molar-refractivity contribution in [2.75, 3.05) is 7.05 Å². The molecule has 1 heteroatoms. The Morgan fingerprint density at radius 3 is 2.53 bits per heavy atom. The van der Waals surface area contributed by atoms with Crippen LogP contribution in [-0.2, 0) is 12.8 Å². The van der Waals surface area contributed by atoms with Crippen LogP contribution in [0.2, 0.25) is 0 Å². The van der Waals surface area contributed by atoms with Gasteiger partial charge in [0.25, 0.3) is 0 Å². The van der Waals surface area contributed by atoms with Crippen molar-refractivity contribution in [3.63, 3.8) is 0 Å². The zero-order valence-corrected chi connectivity index (χ0v) is 11.7. The number of hydrogen-bond acceptors (Lipinski definition) is 1. The Bertz CT molecular complexity index is 556. The number of aryl methyl sites for hydroxylation is 1. The van der Waals surface area contributed by atoms with Gasteiger partial charge in [-0.05, 0) is 43.5 Å². The van der Waals surface area contributed by atoms with Gasteiger partial charge in [0.1, 0.15) is 0 Å². The van der Waals surface area contributed by atoms with Crippen molar-refractivity contribution in [3.8, 4) is 0 Å². The molecule has 1 aliphatic rings. The molecule has 0 saturated carbocycles. The molecule has 0 bridgehead atoms. The molecule has 98 valence electrons. The smallest absolute Gasteiger partial charge is 0.0176 e. The molecule has 2 atom stereocenters. The molecule has 1 nitrogen and oxygen atoms in total. The summed E-state index contributed by atoms with van der Waals surface area (Å²) in [5, 5.41) is 3.51. The monoisotopic (exact) mass is 251 g/mol. The lowest BCUT2D eigenvalue weighted by molar-refractivity contribution is 0.422. The second kappa shape index (κ2) is 5.18. The van der Waals surface area contributed by atoms with Crippen LogP contribution >= 0.6 is 0 Å². The van der Waals surface area contributed by atoms with Gasteiger partial charge < -0.3 is 5.32 Å². The summed E-state index contributed by atoms with van der Waals surface area (Å²) in [5.41, 5.74) is 5.82. The van der Waals surface area contributed by atoms with Crippen molar-refractivity contribution >= 4 is 0 Å². The van der Waals surface area contributed by atoms with Gasteiger partial charge in [-0.25, -0.2) is 0 Å². The summed E-state index contributed by atoms with van der Waals surface area (Å²) in [6.45, 7) is 2.14. The average Bonchev–Trinajstić information content (AvgIpc) is 2.41. The van der Waals surface area contributed by atoms with Gasteiger partial charge in [-0.15, -0.1) is 0 Å². The van der Waals surface area contributed by atoms with E-state index in [9.17, 15) is 0 Å². The molecule has 0 radical (unpaired) electrons. The van der Waals surface area contributed by atoms with E-state index in [4.69, 9.17) is 0 Å². The number of hydrogen-bond donors (Lipinski definition) is 1. The maximum absolute atomic E-state index is 3.51. The predicted octanol–water partition coefficient (Wildman–Crippen LogP) is 3.47. The first-order chi connectivity index (χ1) is 9.28. The van der Waals surface area contributed by atoms with Crippen LogP contribution < -0.4 is 5.32 Å². The minimum Gasteiger partial charge on any atom is -0.316 e. The molecule has 0 amide bonds. The molecule has 2 unspecified atom stereocenters. The number of rotatable bonds is 4. The van der Waals surface area contributed by atoms with Crippen molar-refractivity contribution in [2.45, 2.75) is 31.7 Å². The molecule has 1 N–H and O–H groups in total. The Morgan fingerprint density at radius 2 is 1.84 bits per heavy atom. The van der Waals surface area contributed by atoms with E-state index in [0.717, 1.165) is 6.42 Å². The zero-order valence-electron chi connectivity index (χ0n) is 11.7. The summed E-state index contributed by atoms with van der Waals surface area (Å²) in [6, 6.07) is 18.3. The van der Waals surface area contributed by atoms with Gasteiger partial charge in [0.2, 0.25) is 0 Å². The first kappa shape index (κ1) is 12.4. The SMILES string of the molecule is CNC(Cc1ccc(C)cc1)C1Cc2ccccc21. The third-order valence-electron chi connectivity index (χ3n) is 4.33. The fraction of sp³-hybridized carbons (Fsp3) is 0.333. The summed E-state index contributed by atoms with van der Waals surface area (Å²) in [4.78, 5) is 0. The fourth-order valence-corrected chi connectivity index (χ4v) is 3.08. The third kappa shape index (κ3) is 2.43. The van der Waals surface area contributed by atoms with Gasteiger partial charge in [0.15, 0.2) is 0 Å². The fourth-order valence-electron chi connectivity index (χ4n) is 3.08. The number of nitrogens with one attached hydrogen (secondary N) is 1. The summed E-state index contributed by atoms with van der Waals surface area (Å²) in [5.74, 6) is 0.669. The molecule has 0 aliphatic heterocycles.